The summed E-state index contributed by atoms with van der Waals surface area (Å²) in [7, 11) is 0. The third kappa shape index (κ3) is 4.86. The number of rotatable bonds is 6. The highest BCUT2D eigenvalue weighted by atomic mass is 16.3. The second-order valence-electron chi connectivity index (χ2n) is 6.87. The molecular weight excluding hydrogens is 342 g/mol. The van der Waals surface area contributed by atoms with Gasteiger partial charge in [-0.2, -0.15) is 0 Å². The molecule has 2 aromatic carbocycles. The molecule has 2 amide bonds. The van der Waals surface area contributed by atoms with Gasteiger partial charge in [-0.3, -0.25) is 9.59 Å². The predicted molar refractivity (Wildman–Crippen MR) is 103 cm³/mol. The van der Waals surface area contributed by atoms with Crippen molar-refractivity contribution in [1.82, 2.24) is 10.2 Å². The Balaban J connectivity index is 1.57. The van der Waals surface area contributed by atoms with E-state index < -0.39 is 12.1 Å². The SMILES string of the molecule is N[C@H](Cc1ccccc1)C(=O)N1CCC[C@H]1C(=O)NCc1ccc(O)cc1. The number of benzene rings is 2. The van der Waals surface area contributed by atoms with E-state index in [1.165, 1.54) is 0 Å². The molecule has 1 aliphatic rings. The lowest BCUT2D eigenvalue weighted by atomic mass is 10.1. The maximum absolute atomic E-state index is 12.8. The summed E-state index contributed by atoms with van der Waals surface area (Å²) in [6.07, 6.45) is 1.89. The zero-order valence-electron chi connectivity index (χ0n) is 15.2. The second-order valence-corrected chi connectivity index (χ2v) is 6.87. The molecule has 142 valence electrons. The quantitative estimate of drug-likeness (QED) is 0.722. The Morgan fingerprint density at radius 3 is 2.52 bits per heavy atom. The maximum Gasteiger partial charge on any atom is 0.243 e. The lowest BCUT2D eigenvalue weighted by Crippen LogP contribution is -2.51. The third-order valence-corrected chi connectivity index (χ3v) is 4.86. The summed E-state index contributed by atoms with van der Waals surface area (Å²) >= 11 is 0. The van der Waals surface area contributed by atoms with Crippen molar-refractivity contribution in [3.8, 4) is 5.75 Å². The number of phenols is 1. The minimum absolute atomic E-state index is 0.166. The topological polar surface area (TPSA) is 95.7 Å². The minimum Gasteiger partial charge on any atom is -0.508 e. The standard InChI is InChI=1S/C21H25N3O3/c22-18(13-15-5-2-1-3-6-15)21(27)24-12-4-7-19(24)20(26)23-14-16-8-10-17(25)11-9-16/h1-3,5-6,8-11,18-19,25H,4,7,12-14,22H2,(H,23,26)/t18-,19+/m1/s1. The zero-order chi connectivity index (χ0) is 19.2. The van der Waals surface area contributed by atoms with Crippen LogP contribution in [-0.2, 0) is 22.6 Å². The molecule has 0 radical (unpaired) electrons. The Morgan fingerprint density at radius 2 is 1.81 bits per heavy atom. The second kappa shape index (κ2) is 8.68. The van der Waals surface area contributed by atoms with Crippen LogP contribution in [0.3, 0.4) is 0 Å². The van der Waals surface area contributed by atoms with Crippen LogP contribution in [0, 0.1) is 0 Å². The van der Waals surface area contributed by atoms with E-state index in [4.69, 9.17) is 5.73 Å². The van der Waals surface area contributed by atoms with Crippen molar-refractivity contribution in [3.05, 3.63) is 65.7 Å². The largest absolute Gasteiger partial charge is 0.508 e. The number of aromatic hydroxyl groups is 1. The molecule has 3 rings (SSSR count). The van der Waals surface area contributed by atoms with Gasteiger partial charge in [-0.1, -0.05) is 42.5 Å². The van der Waals surface area contributed by atoms with Crippen molar-refractivity contribution in [2.45, 2.75) is 37.9 Å². The van der Waals surface area contributed by atoms with Gasteiger partial charge in [0.25, 0.3) is 0 Å². The molecular formula is C21H25N3O3. The summed E-state index contributed by atoms with van der Waals surface area (Å²) in [6, 6.07) is 15.2. The fraction of sp³-hybridized carbons (Fsp3) is 0.333. The van der Waals surface area contributed by atoms with Crippen LogP contribution in [0.25, 0.3) is 0 Å². The first-order chi connectivity index (χ1) is 13.0. The number of likely N-dealkylation sites (tertiary alicyclic amines) is 1. The van der Waals surface area contributed by atoms with Crippen molar-refractivity contribution in [1.29, 1.82) is 0 Å². The van der Waals surface area contributed by atoms with Crippen LogP contribution in [-0.4, -0.2) is 40.4 Å². The van der Waals surface area contributed by atoms with E-state index in [1.54, 1.807) is 29.2 Å². The van der Waals surface area contributed by atoms with Crippen LogP contribution < -0.4 is 11.1 Å². The molecule has 0 aromatic heterocycles. The molecule has 6 heteroatoms. The molecule has 1 aliphatic heterocycles. The number of hydrogen-bond acceptors (Lipinski definition) is 4. The van der Waals surface area contributed by atoms with Crippen LogP contribution in [0.2, 0.25) is 0 Å². The average Bonchev–Trinajstić information content (AvgIpc) is 3.17. The van der Waals surface area contributed by atoms with E-state index in [2.05, 4.69) is 5.32 Å². The van der Waals surface area contributed by atoms with Crippen molar-refractivity contribution < 1.29 is 14.7 Å². The van der Waals surface area contributed by atoms with Gasteiger partial charge in [0.15, 0.2) is 0 Å². The van der Waals surface area contributed by atoms with Crippen LogP contribution in [0.4, 0.5) is 0 Å². The fourth-order valence-corrected chi connectivity index (χ4v) is 3.39. The summed E-state index contributed by atoms with van der Waals surface area (Å²) in [5, 5.41) is 12.2. The monoisotopic (exact) mass is 367 g/mol. The Labute approximate surface area is 159 Å². The average molecular weight is 367 g/mol. The molecule has 0 bridgehead atoms. The summed E-state index contributed by atoms with van der Waals surface area (Å²) in [6.45, 7) is 0.909. The predicted octanol–water partition coefficient (Wildman–Crippen LogP) is 1.57. The van der Waals surface area contributed by atoms with Crippen LogP contribution in [0.1, 0.15) is 24.0 Å². The number of hydrogen-bond donors (Lipinski definition) is 3. The highest BCUT2D eigenvalue weighted by Crippen LogP contribution is 2.19. The first-order valence-electron chi connectivity index (χ1n) is 9.20. The Hall–Kier alpha value is -2.86. The first kappa shape index (κ1) is 18.9. The molecule has 0 spiro atoms. The maximum atomic E-state index is 12.8. The summed E-state index contributed by atoms with van der Waals surface area (Å²) in [5.41, 5.74) is 8.02. The van der Waals surface area contributed by atoms with Gasteiger partial charge in [-0.25, -0.2) is 0 Å². The summed E-state index contributed by atoms with van der Waals surface area (Å²) < 4.78 is 0. The van der Waals surface area contributed by atoms with Crippen LogP contribution in [0.15, 0.2) is 54.6 Å². The molecule has 27 heavy (non-hydrogen) atoms. The molecule has 4 N–H and O–H groups in total. The van der Waals surface area contributed by atoms with Crippen molar-refractivity contribution in [2.24, 2.45) is 5.73 Å². The van der Waals surface area contributed by atoms with E-state index >= 15 is 0 Å². The van der Waals surface area contributed by atoms with Crippen molar-refractivity contribution in [2.75, 3.05) is 6.54 Å². The van der Waals surface area contributed by atoms with Gasteiger partial charge in [0.1, 0.15) is 11.8 Å². The van der Waals surface area contributed by atoms with Crippen LogP contribution in [0.5, 0.6) is 5.75 Å². The number of phenolic OH excluding ortho intramolecular Hbond substituents is 1. The number of nitrogens with one attached hydrogen (secondary N) is 1. The van der Waals surface area contributed by atoms with Gasteiger partial charge in [-0.05, 0) is 42.5 Å². The number of carbonyl (C=O) groups excluding carboxylic acids is 2. The molecule has 0 aliphatic carbocycles. The van der Waals surface area contributed by atoms with Gasteiger partial charge >= 0.3 is 0 Å². The minimum atomic E-state index is -0.655. The van der Waals surface area contributed by atoms with E-state index in [9.17, 15) is 14.7 Å². The van der Waals surface area contributed by atoms with Gasteiger partial charge in [-0.15, -0.1) is 0 Å². The number of carbonyl (C=O) groups is 2. The van der Waals surface area contributed by atoms with Gasteiger partial charge in [0.2, 0.25) is 11.8 Å². The third-order valence-electron chi connectivity index (χ3n) is 4.86. The van der Waals surface area contributed by atoms with Crippen molar-refractivity contribution >= 4 is 11.8 Å². The smallest absolute Gasteiger partial charge is 0.243 e. The molecule has 6 nitrogen and oxygen atoms in total. The van der Waals surface area contributed by atoms with E-state index in [1.807, 2.05) is 30.3 Å². The Morgan fingerprint density at radius 1 is 1.11 bits per heavy atom. The molecule has 1 fully saturated rings. The highest BCUT2D eigenvalue weighted by molar-refractivity contribution is 5.90. The van der Waals surface area contributed by atoms with E-state index in [-0.39, 0.29) is 17.6 Å². The fourth-order valence-electron chi connectivity index (χ4n) is 3.39. The molecule has 0 saturated carbocycles. The first-order valence-corrected chi connectivity index (χ1v) is 9.20. The van der Waals surface area contributed by atoms with Crippen LogP contribution >= 0.6 is 0 Å². The Bertz CT molecular complexity index is 777. The number of nitrogens with two attached hydrogens (primary N) is 1. The highest BCUT2D eigenvalue weighted by Gasteiger charge is 2.35. The number of amides is 2. The molecule has 1 heterocycles. The Kier molecular flexibility index (Phi) is 6.08. The summed E-state index contributed by atoms with van der Waals surface area (Å²) in [5.74, 6) is -0.160. The zero-order valence-corrected chi connectivity index (χ0v) is 15.2. The number of nitrogens with zero attached hydrogens (tertiary/aromatic N) is 1. The van der Waals surface area contributed by atoms with Gasteiger partial charge in [0.05, 0.1) is 6.04 Å². The molecule has 0 unspecified atom stereocenters. The molecule has 1 saturated heterocycles. The molecule has 2 aromatic rings. The summed E-state index contributed by atoms with van der Waals surface area (Å²) in [4.78, 5) is 27.0. The lowest BCUT2D eigenvalue weighted by Gasteiger charge is -2.26. The van der Waals surface area contributed by atoms with Crippen molar-refractivity contribution in [3.63, 3.8) is 0 Å². The normalized spacial score (nSPS) is 17.5. The van der Waals surface area contributed by atoms with Gasteiger partial charge < -0.3 is 21.1 Å². The van der Waals surface area contributed by atoms with Gasteiger partial charge in [0, 0.05) is 13.1 Å². The van der Waals surface area contributed by atoms with E-state index in [0.29, 0.717) is 25.9 Å². The lowest BCUT2D eigenvalue weighted by molar-refractivity contribution is -0.139. The van der Waals surface area contributed by atoms with E-state index in [0.717, 1.165) is 17.5 Å². The molecule has 2 atom stereocenters.